The molecule has 2 amide bonds. The van der Waals surface area contributed by atoms with Crippen molar-refractivity contribution in [3.05, 3.63) is 29.3 Å². The van der Waals surface area contributed by atoms with Gasteiger partial charge in [0, 0.05) is 25.3 Å². The van der Waals surface area contributed by atoms with Crippen molar-refractivity contribution in [1.29, 1.82) is 0 Å². The number of aliphatic carboxylic acids is 1. The molecule has 23 heavy (non-hydrogen) atoms. The number of hydrogen-bond donors (Lipinski definition) is 2. The third kappa shape index (κ3) is 3.06. The molecule has 1 aliphatic rings. The summed E-state index contributed by atoms with van der Waals surface area (Å²) in [4.78, 5) is 37.1. The number of carboxylic acids is 1. The Balaban J connectivity index is 2.21. The molecule has 0 radical (unpaired) electrons. The number of rotatable bonds is 4. The van der Waals surface area contributed by atoms with Gasteiger partial charge in [-0.25, -0.2) is 0 Å². The molecule has 2 N–H and O–H groups in total. The first kappa shape index (κ1) is 17.0. The van der Waals surface area contributed by atoms with E-state index in [1.165, 1.54) is 4.90 Å². The van der Waals surface area contributed by atoms with Crippen LogP contribution in [0.1, 0.15) is 29.8 Å². The van der Waals surface area contributed by atoms with Crippen molar-refractivity contribution in [2.24, 2.45) is 17.3 Å². The maximum absolute atomic E-state index is 12.4. The van der Waals surface area contributed by atoms with Crippen LogP contribution in [0, 0.1) is 24.2 Å². The average Bonchev–Trinajstić information content (AvgIpc) is 3.03. The van der Waals surface area contributed by atoms with Crippen LogP contribution in [0.2, 0.25) is 0 Å². The fourth-order valence-electron chi connectivity index (χ4n) is 2.95. The smallest absolute Gasteiger partial charge is 0.307 e. The van der Waals surface area contributed by atoms with Crippen LogP contribution in [0.15, 0.2) is 18.2 Å². The number of carbonyl (C=O) groups is 3. The molecule has 124 valence electrons. The number of anilines is 1. The summed E-state index contributed by atoms with van der Waals surface area (Å²) in [6.07, 6.45) is 0. The zero-order valence-corrected chi connectivity index (χ0v) is 14.0. The monoisotopic (exact) mass is 318 g/mol. The van der Waals surface area contributed by atoms with Crippen molar-refractivity contribution in [1.82, 2.24) is 4.90 Å². The zero-order chi connectivity index (χ0) is 17.5. The Hall–Kier alpha value is -2.37. The Morgan fingerprint density at radius 3 is 2.26 bits per heavy atom. The lowest BCUT2D eigenvalue weighted by Gasteiger charge is -2.14. The predicted octanol–water partition coefficient (Wildman–Crippen LogP) is 1.99. The van der Waals surface area contributed by atoms with Crippen molar-refractivity contribution >= 4 is 23.5 Å². The van der Waals surface area contributed by atoms with E-state index in [1.807, 2.05) is 6.92 Å². The summed E-state index contributed by atoms with van der Waals surface area (Å²) in [6, 6.07) is 5.09. The summed E-state index contributed by atoms with van der Waals surface area (Å²) in [5, 5.41) is 12.0. The van der Waals surface area contributed by atoms with Gasteiger partial charge in [0.25, 0.3) is 5.91 Å². The number of amides is 2. The molecule has 0 heterocycles. The minimum atomic E-state index is -0.955. The van der Waals surface area contributed by atoms with E-state index in [0.29, 0.717) is 11.3 Å². The van der Waals surface area contributed by atoms with Gasteiger partial charge in [0.2, 0.25) is 5.91 Å². The van der Waals surface area contributed by atoms with E-state index in [4.69, 9.17) is 0 Å². The van der Waals surface area contributed by atoms with Crippen LogP contribution >= 0.6 is 0 Å². The number of hydrogen-bond acceptors (Lipinski definition) is 3. The zero-order valence-electron chi connectivity index (χ0n) is 14.0. The Morgan fingerprint density at radius 2 is 1.78 bits per heavy atom. The molecule has 0 unspecified atom stereocenters. The SMILES string of the molecule is Cc1ccc(C(=O)N(C)C)cc1NC(=O)[C@@H]1[C@H](C(=O)O)C1(C)C. The van der Waals surface area contributed by atoms with Crippen LogP contribution in [-0.2, 0) is 9.59 Å². The van der Waals surface area contributed by atoms with Crippen molar-refractivity contribution in [2.75, 3.05) is 19.4 Å². The first-order valence-electron chi connectivity index (χ1n) is 7.43. The molecule has 1 saturated carbocycles. The highest BCUT2D eigenvalue weighted by atomic mass is 16.4. The molecule has 1 aromatic carbocycles. The highest BCUT2D eigenvalue weighted by molar-refractivity contribution is 6.01. The van der Waals surface area contributed by atoms with E-state index in [0.717, 1.165) is 5.56 Å². The van der Waals surface area contributed by atoms with Crippen molar-refractivity contribution in [2.45, 2.75) is 20.8 Å². The van der Waals surface area contributed by atoms with E-state index in [2.05, 4.69) is 5.32 Å². The van der Waals surface area contributed by atoms with Gasteiger partial charge in [0.15, 0.2) is 0 Å². The van der Waals surface area contributed by atoms with Crippen molar-refractivity contribution in [3.63, 3.8) is 0 Å². The van der Waals surface area contributed by atoms with Crippen LogP contribution in [0.4, 0.5) is 5.69 Å². The second-order valence-corrected chi connectivity index (χ2v) is 6.83. The van der Waals surface area contributed by atoms with E-state index in [9.17, 15) is 19.5 Å². The normalized spacial score (nSPS) is 21.4. The van der Waals surface area contributed by atoms with Gasteiger partial charge < -0.3 is 15.3 Å². The molecular formula is C17H22N2O4. The highest BCUT2D eigenvalue weighted by Gasteiger charge is 2.65. The predicted molar refractivity (Wildman–Crippen MR) is 86.2 cm³/mol. The Morgan fingerprint density at radius 1 is 1.17 bits per heavy atom. The summed E-state index contributed by atoms with van der Waals surface area (Å²) in [5.74, 6) is -2.67. The van der Waals surface area contributed by atoms with Gasteiger partial charge in [-0.3, -0.25) is 14.4 Å². The standard InChI is InChI=1S/C17H22N2O4/c1-9-6-7-10(15(21)19(4)5)8-11(9)18-14(20)12-13(16(22)23)17(12,2)3/h6-8,12-13H,1-5H3,(H,18,20)(H,22,23)/t12-,13+/m0/s1. The number of benzene rings is 1. The molecule has 2 atom stereocenters. The van der Waals surface area contributed by atoms with Gasteiger partial charge in [-0.05, 0) is 30.0 Å². The molecule has 0 aromatic heterocycles. The Bertz CT molecular complexity index is 679. The fourth-order valence-corrected chi connectivity index (χ4v) is 2.95. The maximum Gasteiger partial charge on any atom is 0.307 e. The van der Waals surface area contributed by atoms with Crippen molar-refractivity contribution in [3.8, 4) is 0 Å². The third-order valence-electron chi connectivity index (χ3n) is 4.52. The van der Waals surface area contributed by atoms with E-state index < -0.39 is 23.2 Å². The van der Waals surface area contributed by atoms with Crippen LogP contribution < -0.4 is 5.32 Å². The number of aryl methyl sites for hydroxylation is 1. The maximum atomic E-state index is 12.4. The van der Waals surface area contributed by atoms with Crippen molar-refractivity contribution < 1.29 is 19.5 Å². The van der Waals surface area contributed by atoms with Gasteiger partial charge in [0.1, 0.15) is 0 Å². The van der Waals surface area contributed by atoms with E-state index in [-0.39, 0.29) is 11.8 Å². The second-order valence-electron chi connectivity index (χ2n) is 6.83. The highest BCUT2D eigenvalue weighted by Crippen LogP contribution is 2.58. The summed E-state index contributed by atoms with van der Waals surface area (Å²) in [5.41, 5.74) is 1.27. The third-order valence-corrected chi connectivity index (χ3v) is 4.52. The molecule has 2 rings (SSSR count). The van der Waals surface area contributed by atoms with Crippen LogP contribution in [0.3, 0.4) is 0 Å². The fraction of sp³-hybridized carbons (Fsp3) is 0.471. The minimum absolute atomic E-state index is 0.157. The summed E-state index contributed by atoms with van der Waals surface area (Å²) in [6.45, 7) is 5.37. The second kappa shape index (κ2) is 5.68. The van der Waals surface area contributed by atoms with E-state index >= 15 is 0 Å². The average molecular weight is 318 g/mol. The molecule has 0 spiro atoms. The van der Waals surface area contributed by atoms with Gasteiger partial charge in [-0.1, -0.05) is 19.9 Å². The topological polar surface area (TPSA) is 86.7 Å². The number of carbonyl (C=O) groups excluding carboxylic acids is 2. The quantitative estimate of drug-likeness (QED) is 0.889. The molecule has 1 fully saturated rings. The first-order chi connectivity index (χ1) is 10.6. The Kier molecular flexibility index (Phi) is 4.20. The largest absolute Gasteiger partial charge is 0.481 e. The van der Waals surface area contributed by atoms with Crippen LogP contribution in [-0.4, -0.2) is 41.9 Å². The molecule has 1 aliphatic carbocycles. The summed E-state index contributed by atoms with van der Waals surface area (Å²) < 4.78 is 0. The minimum Gasteiger partial charge on any atom is -0.481 e. The lowest BCUT2D eigenvalue weighted by Crippen LogP contribution is -2.22. The number of nitrogens with zero attached hydrogens (tertiary/aromatic N) is 1. The number of nitrogens with one attached hydrogen (secondary N) is 1. The molecular weight excluding hydrogens is 296 g/mol. The lowest BCUT2D eigenvalue weighted by atomic mass is 10.1. The van der Waals surface area contributed by atoms with Gasteiger partial charge in [0.05, 0.1) is 11.8 Å². The number of carboxylic acid groups (broad SMARTS) is 1. The molecule has 0 bridgehead atoms. The first-order valence-corrected chi connectivity index (χ1v) is 7.43. The lowest BCUT2D eigenvalue weighted by molar-refractivity contribution is -0.140. The van der Waals surface area contributed by atoms with Gasteiger partial charge in [-0.2, -0.15) is 0 Å². The summed E-state index contributed by atoms with van der Waals surface area (Å²) >= 11 is 0. The molecule has 1 aromatic rings. The van der Waals surface area contributed by atoms with Crippen LogP contribution in [0.5, 0.6) is 0 Å². The van der Waals surface area contributed by atoms with Gasteiger partial charge in [-0.15, -0.1) is 0 Å². The molecule has 6 nitrogen and oxygen atoms in total. The molecule has 0 aliphatic heterocycles. The van der Waals surface area contributed by atoms with Gasteiger partial charge >= 0.3 is 5.97 Å². The Labute approximate surface area is 135 Å². The summed E-state index contributed by atoms with van der Waals surface area (Å²) in [7, 11) is 3.31. The molecule has 0 saturated heterocycles. The molecule has 6 heteroatoms. The van der Waals surface area contributed by atoms with E-state index in [1.54, 1.807) is 46.1 Å². The van der Waals surface area contributed by atoms with Crippen LogP contribution in [0.25, 0.3) is 0 Å².